The van der Waals surface area contributed by atoms with E-state index in [1.165, 1.54) is 50.3 Å². The average molecular weight is 588 g/mol. The van der Waals surface area contributed by atoms with Crippen molar-refractivity contribution >= 4 is 15.7 Å². The molecule has 0 spiro atoms. The Morgan fingerprint density at radius 2 is 1.59 bits per heavy atom. The number of nitrogens with two attached hydrogens (primary N) is 1. The van der Waals surface area contributed by atoms with E-state index < -0.39 is 27.6 Å². The predicted molar refractivity (Wildman–Crippen MR) is 154 cm³/mol. The Bertz CT molecular complexity index is 1430. The summed E-state index contributed by atoms with van der Waals surface area (Å²) in [4.78, 5) is 2.40. The Hall–Kier alpha value is -3.08. The van der Waals surface area contributed by atoms with Gasteiger partial charge in [-0.1, -0.05) is 60.7 Å². The average Bonchev–Trinajstić information content (AvgIpc) is 3.52. The highest BCUT2D eigenvalue weighted by molar-refractivity contribution is 7.93. The van der Waals surface area contributed by atoms with Gasteiger partial charge in [-0.15, -0.1) is 0 Å². The standard InChI is InChI=1S/C31H36F3N3O3S/c1-21(2)37(41(38,39)31(32,33)34)24-14-15-27(40-3)25(18-24)29(35)26-19-36-17-16-30(26,20-36)28(22-10-6-4-7-11-22)23-12-8-5-9-13-23/h4-15,18,21,26,28-29H,16-17,19-20,35H2,1-3H3. The van der Waals surface area contributed by atoms with Crippen LogP contribution in [0.1, 0.15) is 48.9 Å². The fraction of sp³-hybridized carbons (Fsp3) is 0.419. The zero-order valence-corrected chi connectivity index (χ0v) is 24.2. The Morgan fingerprint density at radius 3 is 2.07 bits per heavy atom. The first kappa shape index (κ1) is 29.4. The molecule has 3 aromatic rings. The van der Waals surface area contributed by atoms with Crippen molar-refractivity contribution in [3.8, 4) is 5.75 Å². The fourth-order valence-electron chi connectivity index (χ4n) is 7.09. The quantitative estimate of drug-likeness (QED) is 0.337. The summed E-state index contributed by atoms with van der Waals surface area (Å²) >= 11 is 0. The SMILES string of the molecule is COc1ccc(N(C(C)C)S(=O)(=O)C(F)(F)F)cc1C(N)C1CN2CCC1(C(c1ccccc1)c1ccccc1)C2. The number of sulfonamides is 1. The Morgan fingerprint density at radius 1 is 1.00 bits per heavy atom. The van der Waals surface area contributed by atoms with Crippen molar-refractivity contribution in [2.75, 3.05) is 31.0 Å². The van der Waals surface area contributed by atoms with Gasteiger partial charge >= 0.3 is 15.5 Å². The second-order valence-electron chi connectivity index (χ2n) is 11.4. The van der Waals surface area contributed by atoms with E-state index in [9.17, 15) is 21.6 Å². The Kier molecular flexibility index (Phi) is 7.86. The van der Waals surface area contributed by atoms with Crippen LogP contribution < -0.4 is 14.8 Å². The van der Waals surface area contributed by atoms with E-state index in [0.29, 0.717) is 15.6 Å². The van der Waals surface area contributed by atoms with Gasteiger partial charge in [0.25, 0.3) is 0 Å². The number of alkyl halides is 3. The highest BCUT2D eigenvalue weighted by Gasteiger charge is 2.58. The van der Waals surface area contributed by atoms with Crippen molar-refractivity contribution in [3.63, 3.8) is 0 Å². The van der Waals surface area contributed by atoms with Crippen LogP contribution in [0.15, 0.2) is 78.9 Å². The van der Waals surface area contributed by atoms with Gasteiger partial charge in [0.05, 0.1) is 12.8 Å². The summed E-state index contributed by atoms with van der Waals surface area (Å²) in [7, 11) is -4.15. The summed E-state index contributed by atoms with van der Waals surface area (Å²) < 4.78 is 72.2. The molecule has 6 nitrogen and oxygen atoms in total. The lowest BCUT2D eigenvalue weighted by molar-refractivity contribution is -0.0440. The molecule has 2 bridgehead atoms. The summed E-state index contributed by atoms with van der Waals surface area (Å²) in [6, 6.07) is 23.4. The number of benzene rings is 3. The van der Waals surface area contributed by atoms with Gasteiger partial charge in [0.15, 0.2) is 0 Å². The number of hydrogen-bond donors (Lipinski definition) is 1. The molecule has 4 unspecified atom stereocenters. The molecule has 2 fully saturated rings. The van der Waals surface area contributed by atoms with Crippen LogP contribution >= 0.6 is 0 Å². The molecule has 2 saturated heterocycles. The summed E-state index contributed by atoms with van der Waals surface area (Å²) in [5.74, 6) is 0.385. The molecule has 0 saturated carbocycles. The van der Waals surface area contributed by atoms with E-state index in [-0.39, 0.29) is 22.9 Å². The lowest BCUT2D eigenvalue weighted by Crippen LogP contribution is -2.45. The van der Waals surface area contributed by atoms with Crippen LogP contribution in [0.5, 0.6) is 5.75 Å². The highest BCUT2D eigenvalue weighted by Crippen LogP contribution is 2.59. The van der Waals surface area contributed by atoms with Gasteiger partial charge in [-0.05, 0) is 62.1 Å². The molecule has 2 N–H and O–H groups in total. The number of piperidine rings is 1. The smallest absolute Gasteiger partial charge is 0.496 e. The second-order valence-corrected chi connectivity index (χ2v) is 13.2. The van der Waals surface area contributed by atoms with Crippen LogP contribution in [-0.2, 0) is 10.0 Å². The number of halogens is 3. The second kappa shape index (κ2) is 11.0. The lowest BCUT2D eigenvalue weighted by Gasteiger charge is -2.44. The number of fused-ring (bicyclic) bond motifs is 2. The first-order valence-electron chi connectivity index (χ1n) is 13.8. The van der Waals surface area contributed by atoms with Crippen molar-refractivity contribution < 1.29 is 26.3 Å². The molecule has 0 aromatic heterocycles. The molecular formula is C31H36F3N3O3S. The molecule has 0 aliphatic carbocycles. The van der Waals surface area contributed by atoms with E-state index in [1.54, 1.807) is 0 Å². The molecular weight excluding hydrogens is 551 g/mol. The van der Waals surface area contributed by atoms with Gasteiger partial charge in [0.2, 0.25) is 0 Å². The third kappa shape index (κ3) is 5.10. The van der Waals surface area contributed by atoms with Crippen LogP contribution in [0.3, 0.4) is 0 Å². The zero-order chi connectivity index (χ0) is 29.6. The van der Waals surface area contributed by atoms with Crippen molar-refractivity contribution in [2.24, 2.45) is 17.1 Å². The number of hydrogen-bond acceptors (Lipinski definition) is 5. The maximum absolute atomic E-state index is 13.7. The molecule has 10 heteroatoms. The van der Waals surface area contributed by atoms with Crippen LogP contribution in [0, 0.1) is 11.3 Å². The summed E-state index contributed by atoms with van der Waals surface area (Å²) in [5, 5.41) is 0. The third-order valence-corrected chi connectivity index (χ3v) is 10.5. The van der Waals surface area contributed by atoms with E-state index in [0.717, 1.165) is 26.1 Å². The molecule has 2 heterocycles. The number of anilines is 1. The zero-order valence-electron chi connectivity index (χ0n) is 23.4. The van der Waals surface area contributed by atoms with Crippen molar-refractivity contribution in [2.45, 2.75) is 43.8 Å². The minimum absolute atomic E-state index is 0.0420. The van der Waals surface area contributed by atoms with Crippen molar-refractivity contribution in [1.82, 2.24) is 4.90 Å². The Balaban J connectivity index is 1.62. The monoisotopic (exact) mass is 587 g/mol. The van der Waals surface area contributed by atoms with Gasteiger partial charge in [-0.2, -0.15) is 21.6 Å². The first-order chi connectivity index (χ1) is 19.4. The fourth-order valence-corrected chi connectivity index (χ4v) is 8.26. The topological polar surface area (TPSA) is 75.9 Å². The summed E-state index contributed by atoms with van der Waals surface area (Å²) in [5.41, 5.74) is 4.15. The third-order valence-electron chi connectivity index (χ3n) is 8.73. The maximum Gasteiger partial charge on any atom is 0.516 e. The number of nitrogens with zero attached hydrogens (tertiary/aromatic N) is 2. The van der Waals surface area contributed by atoms with E-state index in [2.05, 4.69) is 29.2 Å². The number of methoxy groups -OCH3 is 1. The van der Waals surface area contributed by atoms with Gasteiger partial charge < -0.3 is 15.4 Å². The number of rotatable bonds is 9. The lowest BCUT2D eigenvalue weighted by atomic mass is 9.60. The van der Waals surface area contributed by atoms with E-state index in [4.69, 9.17) is 10.5 Å². The van der Waals surface area contributed by atoms with Crippen LogP contribution in [0.4, 0.5) is 18.9 Å². The number of ether oxygens (including phenoxy) is 1. The summed E-state index contributed by atoms with van der Waals surface area (Å²) in [6.07, 6.45) is 0.905. The normalized spacial score (nSPS) is 23.2. The van der Waals surface area contributed by atoms with E-state index in [1.807, 2.05) is 36.4 Å². The molecule has 0 radical (unpaired) electrons. The van der Waals surface area contributed by atoms with E-state index >= 15 is 0 Å². The minimum atomic E-state index is -5.63. The van der Waals surface area contributed by atoms with Gasteiger partial charge in [0, 0.05) is 42.1 Å². The van der Waals surface area contributed by atoms with Gasteiger partial charge in [-0.25, -0.2) is 0 Å². The van der Waals surface area contributed by atoms with Gasteiger partial charge in [-0.3, -0.25) is 4.31 Å². The maximum atomic E-state index is 13.7. The molecule has 4 atom stereocenters. The van der Waals surface area contributed by atoms with Crippen molar-refractivity contribution in [1.29, 1.82) is 0 Å². The van der Waals surface area contributed by atoms with Gasteiger partial charge in [0.1, 0.15) is 5.75 Å². The first-order valence-corrected chi connectivity index (χ1v) is 15.2. The minimum Gasteiger partial charge on any atom is -0.496 e. The van der Waals surface area contributed by atoms with Crippen molar-refractivity contribution in [3.05, 3.63) is 95.6 Å². The molecule has 5 rings (SSSR count). The summed E-state index contributed by atoms with van der Waals surface area (Å²) in [6.45, 7) is 5.31. The molecule has 41 heavy (non-hydrogen) atoms. The van der Waals surface area contributed by atoms with Crippen LogP contribution in [0.2, 0.25) is 0 Å². The predicted octanol–water partition coefficient (Wildman–Crippen LogP) is 5.91. The van der Waals surface area contributed by atoms with Crippen LogP contribution in [0.25, 0.3) is 0 Å². The molecule has 3 aromatic carbocycles. The molecule has 2 aliphatic heterocycles. The highest BCUT2D eigenvalue weighted by atomic mass is 32.2. The van der Waals surface area contributed by atoms with Crippen LogP contribution in [-0.4, -0.2) is 51.6 Å². The molecule has 2 aliphatic rings. The Labute approximate surface area is 240 Å². The molecule has 0 amide bonds. The molecule has 220 valence electrons. The largest absolute Gasteiger partial charge is 0.516 e.